The van der Waals surface area contributed by atoms with Crippen molar-refractivity contribution in [1.82, 2.24) is 0 Å². The average molecular weight is 298 g/mol. The van der Waals surface area contributed by atoms with E-state index in [1.54, 1.807) is 0 Å². The number of carbonyl (C=O) groups is 1. The van der Waals surface area contributed by atoms with E-state index in [0.717, 1.165) is 51.7 Å². The molecule has 1 saturated carbocycles. The fraction of sp³-hybridized carbons (Fsp3) is 0.941. The zero-order valence-corrected chi connectivity index (χ0v) is 13.6. The third kappa shape index (κ3) is 5.26. The Balaban J connectivity index is 1.73. The second-order valence-electron chi connectivity index (χ2n) is 6.51. The molecule has 0 radical (unpaired) electrons. The van der Waals surface area contributed by atoms with Crippen molar-refractivity contribution < 1.29 is 19.0 Å². The zero-order valence-electron chi connectivity index (χ0n) is 13.6. The van der Waals surface area contributed by atoms with Crippen LogP contribution in [-0.4, -0.2) is 31.1 Å². The van der Waals surface area contributed by atoms with Crippen molar-refractivity contribution in [3.05, 3.63) is 0 Å². The lowest BCUT2D eigenvalue weighted by molar-refractivity contribution is -0.170. The molecule has 4 nitrogen and oxygen atoms in total. The van der Waals surface area contributed by atoms with Crippen LogP contribution >= 0.6 is 0 Å². The number of carbonyl (C=O) groups excluding carboxylic acids is 1. The molecule has 2 aliphatic rings. The molecule has 0 aromatic heterocycles. The van der Waals surface area contributed by atoms with Gasteiger partial charge >= 0.3 is 5.97 Å². The number of rotatable bonds is 8. The SMILES string of the molecule is CCCCCC1(CC[C@H]2CCC(OC(C)=O)C2)OCCO1. The van der Waals surface area contributed by atoms with Crippen molar-refractivity contribution >= 4 is 5.97 Å². The van der Waals surface area contributed by atoms with E-state index in [2.05, 4.69) is 6.92 Å². The minimum atomic E-state index is -0.325. The maximum atomic E-state index is 11.0. The average Bonchev–Trinajstić information content (AvgIpc) is 3.06. The van der Waals surface area contributed by atoms with E-state index >= 15 is 0 Å². The number of ether oxygens (including phenoxy) is 3. The molecule has 0 aromatic carbocycles. The second kappa shape index (κ2) is 8.14. The molecule has 1 saturated heterocycles. The maximum Gasteiger partial charge on any atom is 0.302 e. The number of hydrogen-bond donors (Lipinski definition) is 0. The number of unbranched alkanes of at least 4 members (excludes halogenated alkanes) is 2. The summed E-state index contributed by atoms with van der Waals surface area (Å²) < 4.78 is 17.2. The van der Waals surface area contributed by atoms with Gasteiger partial charge < -0.3 is 14.2 Å². The predicted octanol–water partition coefficient (Wildman–Crippen LogP) is 3.82. The third-order valence-electron chi connectivity index (χ3n) is 4.73. The Morgan fingerprint density at radius 2 is 1.95 bits per heavy atom. The van der Waals surface area contributed by atoms with Crippen LogP contribution < -0.4 is 0 Å². The second-order valence-corrected chi connectivity index (χ2v) is 6.51. The van der Waals surface area contributed by atoms with Crippen molar-refractivity contribution in [3.8, 4) is 0 Å². The molecule has 2 atom stereocenters. The molecular weight excluding hydrogens is 268 g/mol. The Morgan fingerprint density at radius 3 is 2.62 bits per heavy atom. The Morgan fingerprint density at radius 1 is 1.19 bits per heavy atom. The van der Waals surface area contributed by atoms with Crippen molar-refractivity contribution in [3.63, 3.8) is 0 Å². The van der Waals surface area contributed by atoms with E-state index in [-0.39, 0.29) is 17.9 Å². The molecule has 0 amide bonds. The molecule has 0 aromatic rings. The van der Waals surface area contributed by atoms with Gasteiger partial charge in [-0.05, 0) is 38.0 Å². The third-order valence-corrected chi connectivity index (χ3v) is 4.73. The van der Waals surface area contributed by atoms with Gasteiger partial charge in [-0.1, -0.05) is 19.8 Å². The maximum absolute atomic E-state index is 11.0. The zero-order chi connectivity index (χ0) is 15.1. The Kier molecular flexibility index (Phi) is 6.49. The van der Waals surface area contributed by atoms with Gasteiger partial charge in [-0.25, -0.2) is 0 Å². The molecule has 4 heteroatoms. The monoisotopic (exact) mass is 298 g/mol. The van der Waals surface area contributed by atoms with Crippen molar-refractivity contribution in [2.24, 2.45) is 5.92 Å². The van der Waals surface area contributed by atoms with Gasteiger partial charge in [0.15, 0.2) is 5.79 Å². The topological polar surface area (TPSA) is 44.8 Å². The minimum absolute atomic E-state index is 0.133. The van der Waals surface area contributed by atoms with Crippen LogP contribution in [0.3, 0.4) is 0 Å². The van der Waals surface area contributed by atoms with Crippen LogP contribution in [0.25, 0.3) is 0 Å². The van der Waals surface area contributed by atoms with Crippen molar-refractivity contribution in [1.29, 1.82) is 0 Å². The summed E-state index contributed by atoms with van der Waals surface area (Å²) in [6, 6.07) is 0. The molecule has 0 N–H and O–H groups in total. The van der Waals surface area contributed by atoms with Crippen LogP contribution in [-0.2, 0) is 19.0 Å². The van der Waals surface area contributed by atoms with Gasteiger partial charge in [-0.15, -0.1) is 0 Å². The summed E-state index contributed by atoms with van der Waals surface area (Å²) in [5.74, 6) is 0.165. The van der Waals surface area contributed by atoms with Crippen LogP contribution in [0.2, 0.25) is 0 Å². The molecule has 1 heterocycles. The van der Waals surface area contributed by atoms with E-state index in [1.165, 1.54) is 26.2 Å². The Hall–Kier alpha value is -0.610. The lowest BCUT2D eigenvalue weighted by Gasteiger charge is -2.28. The van der Waals surface area contributed by atoms with E-state index in [1.807, 2.05) is 0 Å². The molecule has 2 fully saturated rings. The molecule has 0 bridgehead atoms. The smallest absolute Gasteiger partial charge is 0.302 e. The summed E-state index contributed by atoms with van der Waals surface area (Å²) in [5.41, 5.74) is 0. The lowest BCUT2D eigenvalue weighted by atomic mass is 9.95. The molecule has 1 aliphatic heterocycles. The van der Waals surface area contributed by atoms with Crippen LogP contribution in [0.1, 0.15) is 71.6 Å². The highest BCUT2D eigenvalue weighted by Crippen LogP contribution is 2.37. The summed E-state index contributed by atoms with van der Waals surface area (Å²) in [5, 5.41) is 0. The summed E-state index contributed by atoms with van der Waals surface area (Å²) in [7, 11) is 0. The first-order valence-corrected chi connectivity index (χ1v) is 8.59. The van der Waals surface area contributed by atoms with Gasteiger partial charge in [-0.2, -0.15) is 0 Å². The summed E-state index contributed by atoms with van der Waals surface area (Å²) >= 11 is 0. The predicted molar refractivity (Wildman–Crippen MR) is 80.9 cm³/mol. The van der Waals surface area contributed by atoms with Gasteiger partial charge in [-0.3, -0.25) is 4.79 Å². The van der Waals surface area contributed by atoms with Gasteiger partial charge in [0.2, 0.25) is 0 Å². The van der Waals surface area contributed by atoms with E-state index in [9.17, 15) is 4.79 Å². The van der Waals surface area contributed by atoms with E-state index in [4.69, 9.17) is 14.2 Å². The standard InChI is InChI=1S/C17H30O4/c1-3-4-5-9-17(19-11-12-20-17)10-8-15-6-7-16(13-15)21-14(2)18/h15-16H,3-13H2,1-2H3/t15-,16?/m1/s1. The molecule has 2 rings (SSSR count). The van der Waals surface area contributed by atoms with Crippen molar-refractivity contribution in [2.75, 3.05) is 13.2 Å². The lowest BCUT2D eigenvalue weighted by Crippen LogP contribution is -2.30. The first-order chi connectivity index (χ1) is 10.1. The molecule has 122 valence electrons. The highest BCUT2D eigenvalue weighted by molar-refractivity contribution is 5.66. The van der Waals surface area contributed by atoms with E-state index < -0.39 is 0 Å². The fourth-order valence-corrected chi connectivity index (χ4v) is 3.61. The van der Waals surface area contributed by atoms with Gasteiger partial charge in [0.1, 0.15) is 6.10 Å². The van der Waals surface area contributed by atoms with Gasteiger partial charge in [0.25, 0.3) is 0 Å². The van der Waals surface area contributed by atoms with Crippen LogP contribution in [0.5, 0.6) is 0 Å². The highest BCUT2D eigenvalue weighted by atomic mass is 16.7. The minimum Gasteiger partial charge on any atom is -0.463 e. The van der Waals surface area contributed by atoms with Crippen molar-refractivity contribution in [2.45, 2.75) is 83.5 Å². The van der Waals surface area contributed by atoms with Crippen LogP contribution in [0, 0.1) is 5.92 Å². The van der Waals surface area contributed by atoms with Crippen LogP contribution in [0.4, 0.5) is 0 Å². The number of hydrogen-bond acceptors (Lipinski definition) is 4. The van der Waals surface area contributed by atoms with Gasteiger partial charge in [0, 0.05) is 19.8 Å². The Bertz CT molecular complexity index is 323. The quantitative estimate of drug-likeness (QED) is 0.505. The first kappa shape index (κ1) is 16.8. The Labute approximate surface area is 128 Å². The fourth-order valence-electron chi connectivity index (χ4n) is 3.61. The molecule has 21 heavy (non-hydrogen) atoms. The first-order valence-electron chi connectivity index (χ1n) is 8.59. The molecule has 1 unspecified atom stereocenters. The summed E-state index contributed by atoms with van der Waals surface area (Å²) in [6.07, 6.45) is 10.1. The molecule has 0 spiro atoms. The van der Waals surface area contributed by atoms with E-state index in [0.29, 0.717) is 5.92 Å². The normalized spacial score (nSPS) is 27.9. The van der Waals surface area contributed by atoms with Gasteiger partial charge in [0.05, 0.1) is 13.2 Å². The largest absolute Gasteiger partial charge is 0.463 e. The highest BCUT2D eigenvalue weighted by Gasteiger charge is 2.37. The van der Waals surface area contributed by atoms with Crippen LogP contribution in [0.15, 0.2) is 0 Å². The summed E-state index contributed by atoms with van der Waals surface area (Å²) in [4.78, 5) is 11.0. The number of esters is 1. The molecule has 1 aliphatic carbocycles. The summed E-state index contributed by atoms with van der Waals surface area (Å²) in [6.45, 7) is 5.17. The molecular formula is C17H30O4.